The molecular weight excluding hydrogens is 394 g/mol. The van der Waals surface area contributed by atoms with Crippen LogP contribution >= 0.6 is 23.3 Å². The molecule has 0 spiro atoms. The number of nitrogens with two attached hydrogens (primary N) is 2. The lowest BCUT2D eigenvalue weighted by molar-refractivity contribution is -0.117. The third-order valence-electron chi connectivity index (χ3n) is 5.20. The quantitative estimate of drug-likeness (QED) is 0.549. The number of benzene rings is 1. The average molecular weight is 422 g/mol. The molecule has 2 aromatic rings. The monoisotopic (exact) mass is 421 g/mol. The van der Waals surface area contributed by atoms with Crippen LogP contribution in [0.25, 0.3) is 0 Å². The number of carbonyl (C=O) groups excluding carboxylic acids is 1. The van der Waals surface area contributed by atoms with E-state index in [1.165, 1.54) is 58.4 Å². The van der Waals surface area contributed by atoms with Gasteiger partial charge in [0.25, 0.3) is 0 Å². The molecule has 8 heteroatoms. The molecule has 0 aliphatic heterocycles. The van der Waals surface area contributed by atoms with E-state index in [0.717, 1.165) is 24.8 Å². The fourth-order valence-electron chi connectivity index (χ4n) is 3.91. The molecule has 1 aromatic carbocycles. The van der Waals surface area contributed by atoms with Crippen LogP contribution in [0, 0.1) is 0 Å². The second-order valence-electron chi connectivity index (χ2n) is 7.72. The first kappa shape index (κ1) is 21.3. The molecule has 6 nitrogen and oxygen atoms in total. The Labute approximate surface area is 173 Å². The molecule has 1 heterocycles. The van der Waals surface area contributed by atoms with Crippen molar-refractivity contribution in [3.8, 4) is 0 Å². The Morgan fingerprint density at radius 2 is 1.93 bits per heavy atom. The van der Waals surface area contributed by atoms with Gasteiger partial charge in [0.05, 0.1) is 29.2 Å². The van der Waals surface area contributed by atoms with Gasteiger partial charge >= 0.3 is 0 Å². The van der Waals surface area contributed by atoms with Crippen molar-refractivity contribution >= 4 is 29.2 Å². The van der Waals surface area contributed by atoms with Gasteiger partial charge in [-0.2, -0.15) is 0 Å². The number of aromatic nitrogens is 1. The van der Waals surface area contributed by atoms with Crippen molar-refractivity contribution in [1.82, 2.24) is 4.98 Å². The molecule has 152 valence electrons. The third kappa shape index (κ3) is 4.41. The summed E-state index contributed by atoms with van der Waals surface area (Å²) in [4.78, 5) is 15.8. The Morgan fingerprint density at radius 1 is 1.25 bits per heavy atom. The van der Waals surface area contributed by atoms with E-state index in [-0.39, 0.29) is 12.5 Å². The number of carbonyl (C=O) groups is 1. The predicted molar refractivity (Wildman–Crippen MR) is 112 cm³/mol. The molecule has 0 bridgehead atoms. The van der Waals surface area contributed by atoms with E-state index >= 15 is 0 Å². The minimum Gasteiger partial charge on any atom is -0.390 e. The van der Waals surface area contributed by atoms with Crippen LogP contribution in [-0.2, 0) is 49.1 Å². The van der Waals surface area contributed by atoms with Crippen LogP contribution in [0.4, 0.5) is 0 Å². The molecule has 2 aliphatic carbocycles. The summed E-state index contributed by atoms with van der Waals surface area (Å²) < 4.78 is 0.654. The van der Waals surface area contributed by atoms with Crippen LogP contribution in [0.1, 0.15) is 58.7 Å². The van der Waals surface area contributed by atoms with E-state index in [9.17, 15) is 9.90 Å². The third-order valence-corrected chi connectivity index (χ3v) is 7.24. The van der Waals surface area contributed by atoms with Gasteiger partial charge in [0.2, 0.25) is 5.91 Å². The van der Waals surface area contributed by atoms with Gasteiger partial charge in [-0.3, -0.25) is 9.93 Å². The van der Waals surface area contributed by atoms with Crippen LogP contribution in [-0.4, -0.2) is 21.1 Å². The molecule has 4 rings (SSSR count). The number of hydrogen-bond donors (Lipinski definition) is 4. The van der Waals surface area contributed by atoms with Crippen molar-refractivity contribution in [2.75, 3.05) is 0 Å². The van der Waals surface area contributed by atoms with Crippen LogP contribution in [0.5, 0.6) is 0 Å². The largest absolute Gasteiger partial charge is 0.390 e. The zero-order chi connectivity index (χ0) is 20.5. The standard InChI is InChI=1S/C13H15NO.C7H12N2O2S2/c14-13(15)7-12-10-3-1-2-8(10)6-9-4-5-11(9)12;1-7(2,11)5-4(3-10)9-6(12-5)13-8/h6H,1-5,7H2,(H2,14,15);10-11H,3,8H2,1-2H3. The van der Waals surface area contributed by atoms with E-state index in [1.54, 1.807) is 13.8 Å². The Morgan fingerprint density at radius 3 is 2.43 bits per heavy atom. The van der Waals surface area contributed by atoms with E-state index < -0.39 is 5.60 Å². The number of amides is 1. The second kappa shape index (κ2) is 8.51. The average Bonchev–Trinajstić information content (AvgIpc) is 3.23. The van der Waals surface area contributed by atoms with E-state index in [0.29, 0.717) is 21.3 Å². The minimum absolute atomic E-state index is 0.170. The summed E-state index contributed by atoms with van der Waals surface area (Å²) in [7, 11) is 0. The van der Waals surface area contributed by atoms with Crippen LogP contribution in [0.3, 0.4) is 0 Å². The molecule has 28 heavy (non-hydrogen) atoms. The van der Waals surface area contributed by atoms with Gasteiger partial charge in [0.1, 0.15) is 0 Å². The van der Waals surface area contributed by atoms with Gasteiger partial charge in [-0.25, -0.2) is 4.98 Å². The summed E-state index contributed by atoms with van der Waals surface area (Å²) in [5.74, 6) is -0.190. The Hall–Kier alpha value is -1.45. The van der Waals surface area contributed by atoms with Gasteiger partial charge in [0, 0.05) is 0 Å². The highest BCUT2D eigenvalue weighted by atomic mass is 32.2. The summed E-state index contributed by atoms with van der Waals surface area (Å²) in [6.45, 7) is 3.14. The molecule has 6 N–H and O–H groups in total. The number of thiazole rings is 1. The van der Waals surface area contributed by atoms with Crippen LogP contribution < -0.4 is 10.9 Å². The Bertz CT molecular complexity index is 888. The molecule has 1 amide bonds. The number of hydrogen-bond acceptors (Lipinski definition) is 7. The first-order valence-corrected chi connectivity index (χ1v) is 11.1. The molecule has 0 unspecified atom stereocenters. The van der Waals surface area contributed by atoms with Gasteiger partial charge < -0.3 is 15.9 Å². The zero-order valence-electron chi connectivity index (χ0n) is 16.2. The summed E-state index contributed by atoms with van der Waals surface area (Å²) in [5, 5.41) is 24.0. The highest BCUT2D eigenvalue weighted by Gasteiger charge is 2.26. The SMILES string of the molecule is CC(C)(O)c1sc(SN)nc1CO.NC(=O)Cc1c2c(cc3c1CC3)CCC2. The molecule has 0 saturated heterocycles. The van der Waals surface area contributed by atoms with Crippen molar-refractivity contribution in [2.24, 2.45) is 10.9 Å². The minimum atomic E-state index is -0.969. The first-order valence-electron chi connectivity index (χ1n) is 9.38. The number of aliphatic hydroxyl groups is 2. The van der Waals surface area contributed by atoms with E-state index in [4.69, 9.17) is 16.0 Å². The van der Waals surface area contributed by atoms with Gasteiger partial charge in [-0.1, -0.05) is 6.07 Å². The summed E-state index contributed by atoms with van der Waals surface area (Å²) in [6, 6.07) is 2.35. The molecule has 0 atom stereocenters. The fraction of sp³-hybridized carbons (Fsp3) is 0.500. The lowest BCUT2D eigenvalue weighted by Crippen LogP contribution is -2.21. The fourth-order valence-corrected chi connectivity index (χ4v) is 5.33. The van der Waals surface area contributed by atoms with Gasteiger partial charge in [-0.05, 0) is 85.7 Å². The molecule has 2 aliphatic rings. The Kier molecular flexibility index (Phi) is 6.46. The molecule has 0 radical (unpaired) electrons. The second-order valence-corrected chi connectivity index (χ2v) is 9.60. The van der Waals surface area contributed by atoms with Crippen molar-refractivity contribution in [3.05, 3.63) is 44.5 Å². The topological polar surface area (TPSA) is 122 Å². The maximum Gasteiger partial charge on any atom is 0.221 e. The smallest absolute Gasteiger partial charge is 0.221 e. The predicted octanol–water partition coefficient (Wildman–Crippen LogP) is 2.13. The van der Waals surface area contributed by atoms with Gasteiger partial charge in [-0.15, -0.1) is 11.3 Å². The maximum absolute atomic E-state index is 11.1. The highest BCUT2D eigenvalue weighted by Crippen LogP contribution is 2.36. The molecular formula is C20H27N3O3S2. The maximum atomic E-state index is 11.1. The number of rotatable bonds is 5. The summed E-state index contributed by atoms with van der Waals surface area (Å²) in [6.07, 6.45) is 6.36. The summed E-state index contributed by atoms with van der Waals surface area (Å²) in [5.41, 5.74) is 11.9. The Balaban J connectivity index is 0.000000163. The number of primary amides is 1. The van der Waals surface area contributed by atoms with Crippen molar-refractivity contribution in [3.63, 3.8) is 0 Å². The van der Waals surface area contributed by atoms with Crippen LogP contribution in [0.15, 0.2) is 10.4 Å². The van der Waals surface area contributed by atoms with E-state index in [1.807, 2.05) is 0 Å². The van der Waals surface area contributed by atoms with Crippen molar-refractivity contribution in [2.45, 2.75) is 68.9 Å². The van der Waals surface area contributed by atoms with Crippen molar-refractivity contribution in [1.29, 1.82) is 0 Å². The van der Waals surface area contributed by atoms with E-state index in [2.05, 4.69) is 11.1 Å². The summed E-state index contributed by atoms with van der Waals surface area (Å²) >= 11 is 2.33. The van der Waals surface area contributed by atoms with Gasteiger partial charge in [0.15, 0.2) is 4.34 Å². The number of aliphatic hydroxyl groups excluding tert-OH is 1. The highest BCUT2D eigenvalue weighted by molar-refractivity contribution is 7.98. The molecule has 1 aromatic heterocycles. The first-order chi connectivity index (χ1) is 13.2. The lowest BCUT2D eigenvalue weighted by Gasteiger charge is -2.25. The van der Waals surface area contributed by atoms with Crippen LogP contribution in [0.2, 0.25) is 0 Å². The number of nitrogens with zero attached hydrogens (tertiary/aromatic N) is 1. The molecule has 0 saturated carbocycles. The lowest BCUT2D eigenvalue weighted by atomic mass is 9.80. The number of fused-ring (bicyclic) bond motifs is 2. The zero-order valence-corrected chi connectivity index (χ0v) is 17.9. The number of aryl methyl sites for hydroxylation is 2. The normalized spacial score (nSPS) is 14.6. The molecule has 0 fully saturated rings. The van der Waals surface area contributed by atoms with Crippen molar-refractivity contribution < 1.29 is 15.0 Å².